The Hall–Kier alpha value is -1.93. The average molecular weight is 322 g/mol. The summed E-state index contributed by atoms with van der Waals surface area (Å²) < 4.78 is 34.5. The van der Waals surface area contributed by atoms with E-state index in [4.69, 9.17) is 4.74 Å². The zero-order valence-electron chi connectivity index (χ0n) is 12.5. The van der Waals surface area contributed by atoms with Crippen molar-refractivity contribution in [2.24, 2.45) is 7.05 Å². The van der Waals surface area contributed by atoms with Crippen LogP contribution in [0, 0.1) is 0 Å². The van der Waals surface area contributed by atoms with Crippen molar-refractivity contribution in [3.63, 3.8) is 0 Å². The smallest absolute Gasteiger partial charge is 0.240 e. The summed E-state index contributed by atoms with van der Waals surface area (Å²) in [7, 11) is -1.75. The van der Waals surface area contributed by atoms with Crippen LogP contribution in [0.2, 0.25) is 0 Å². The largest absolute Gasteiger partial charge is 0.490 e. The van der Waals surface area contributed by atoms with E-state index in [1.165, 1.54) is 6.33 Å². The first-order valence-electron chi connectivity index (χ1n) is 7.08. The van der Waals surface area contributed by atoms with E-state index in [0.717, 1.165) is 23.6 Å². The van der Waals surface area contributed by atoms with E-state index >= 15 is 0 Å². The van der Waals surface area contributed by atoms with Gasteiger partial charge in [0.1, 0.15) is 24.0 Å². The number of nitrogens with zero attached hydrogens (tertiary/aromatic N) is 3. The van der Waals surface area contributed by atoms with Crippen LogP contribution in [-0.4, -0.2) is 35.8 Å². The van der Waals surface area contributed by atoms with Crippen LogP contribution in [0.3, 0.4) is 0 Å². The van der Waals surface area contributed by atoms with Crippen molar-refractivity contribution in [2.45, 2.75) is 30.8 Å². The standard InChI is InChI=1S/C14H18N4O3S/c1-10-7-11-8-12(3-4-13(11)21-10)22(19,20)17-6-5-14-15-9-16-18(14)2/h3-4,8-10,17H,5-7H2,1-2H3. The number of aromatic nitrogens is 3. The maximum Gasteiger partial charge on any atom is 0.240 e. The van der Waals surface area contributed by atoms with Gasteiger partial charge in [0.2, 0.25) is 10.0 Å². The fourth-order valence-electron chi connectivity index (χ4n) is 2.49. The van der Waals surface area contributed by atoms with Crippen LogP contribution in [0.4, 0.5) is 0 Å². The summed E-state index contributed by atoms with van der Waals surface area (Å²) in [5.74, 6) is 1.50. The van der Waals surface area contributed by atoms with Gasteiger partial charge in [0, 0.05) is 26.4 Å². The molecule has 3 rings (SSSR count). The summed E-state index contributed by atoms with van der Waals surface area (Å²) in [6, 6.07) is 4.97. The van der Waals surface area contributed by atoms with Gasteiger partial charge in [0.05, 0.1) is 4.90 Å². The van der Waals surface area contributed by atoms with Crippen LogP contribution in [0.1, 0.15) is 18.3 Å². The molecule has 7 nitrogen and oxygen atoms in total. The maximum absolute atomic E-state index is 12.3. The van der Waals surface area contributed by atoms with Crippen LogP contribution in [0.15, 0.2) is 29.4 Å². The monoisotopic (exact) mass is 322 g/mol. The van der Waals surface area contributed by atoms with Gasteiger partial charge in [0.25, 0.3) is 0 Å². The molecule has 1 aromatic heterocycles. The van der Waals surface area contributed by atoms with E-state index in [9.17, 15) is 8.42 Å². The third-order valence-electron chi connectivity index (χ3n) is 3.62. The topological polar surface area (TPSA) is 86.1 Å². The van der Waals surface area contributed by atoms with Gasteiger partial charge in [0.15, 0.2) is 0 Å². The minimum Gasteiger partial charge on any atom is -0.490 e. The zero-order valence-corrected chi connectivity index (χ0v) is 13.3. The molecule has 1 aliphatic rings. The van der Waals surface area contributed by atoms with Crippen molar-refractivity contribution in [1.82, 2.24) is 19.5 Å². The van der Waals surface area contributed by atoms with Crippen molar-refractivity contribution in [2.75, 3.05) is 6.54 Å². The van der Waals surface area contributed by atoms with Gasteiger partial charge in [-0.05, 0) is 30.7 Å². The van der Waals surface area contributed by atoms with Crippen LogP contribution in [0.5, 0.6) is 5.75 Å². The van der Waals surface area contributed by atoms with Gasteiger partial charge in [-0.3, -0.25) is 4.68 Å². The van der Waals surface area contributed by atoms with E-state index in [1.807, 2.05) is 6.92 Å². The summed E-state index contributed by atoms with van der Waals surface area (Å²) in [6.07, 6.45) is 2.76. The number of fused-ring (bicyclic) bond motifs is 1. The fraction of sp³-hybridized carbons (Fsp3) is 0.429. The van der Waals surface area contributed by atoms with E-state index in [-0.39, 0.29) is 17.5 Å². The molecular weight excluding hydrogens is 304 g/mol. The lowest BCUT2D eigenvalue weighted by molar-refractivity contribution is 0.254. The Morgan fingerprint density at radius 3 is 3.00 bits per heavy atom. The Balaban J connectivity index is 1.68. The summed E-state index contributed by atoms with van der Waals surface area (Å²) in [4.78, 5) is 4.33. The van der Waals surface area contributed by atoms with Crippen molar-refractivity contribution < 1.29 is 13.2 Å². The molecule has 0 saturated carbocycles. The molecule has 0 bridgehead atoms. The molecule has 0 spiro atoms. The summed E-state index contributed by atoms with van der Waals surface area (Å²) in [5, 5.41) is 3.95. The molecule has 2 aromatic rings. The summed E-state index contributed by atoms with van der Waals surface area (Å²) >= 11 is 0. The normalized spacial score (nSPS) is 17.3. The number of benzene rings is 1. The molecule has 1 aromatic carbocycles. The summed E-state index contributed by atoms with van der Waals surface area (Å²) in [5.41, 5.74) is 0.934. The number of aryl methyl sites for hydroxylation is 1. The lowest BCUT2D eigenvalue weighted by Crippen LogP contribution is -2.26. The zero-order chi connectivity index (χ0) is 15.7. The minimum absolute atomic E-state index is 0.0943. The predicted molar refractivity (Wildman–Crippen MR) is 80.1 cm³/mol. The Bertz CT molecular complexity index is 785. The van der Waals surface area contributed by atoms with E-state index < -0.39 is 10.0 Å². The number of hydrogen-bond donors (Lipinski definition) is 1. The Labute approximate surface area is 129 Å². The Kier molecular flexibility index (Phi) is 3.88. The van der Waals surface area contributed by atoms with Crippen LogP contribution >= 0.6 is 0 Å². The van der Waals surface area contributed by atoms with Crippen molar-refractivity contribution >= 4 is 10.0 Å². The van der Waals surface area contributed by atoms with Crippen molar-refractivity contribution in [1.29, 1.82) is 0 Å². The maximum atomic E-state index is 12.3. The van der Waals surface area contributed by atoms with Gasteiger partial charge >= 0.3 is 0 Å². The van der Waals surface area contributed by atoms with Gasteiger partial charge in [-0.2, -0.15) is 5.10 Å². The molecule has 0 amide bonds. The van der Waals surface area contributed by atoms with Gasteiger partial charge in [-0.25, -0.2) is 18.1 Å². The molecule has 0 aliphatic carbocycles. The predicted octanol–water partition coefficient (Wildman–Crippen LogP) is 0.659. The molecule has 0 saturated heterocycles. The number of sulfonamides is 1. The first-order chi connectivity index (χ1) is 10.5. The SMILES string of the molecule is CC1Cc2cc(S(=O)(=O)NCCc3ncnn3C)ccc2O1. The summed E-state index contributed by atoms with van der Waals surface area (Å²) in [6.45, 7) is 2.24. The lowest BCUT2D eigenvalue weighted by atomic mass is 10.1. The number of nitrogens with one attached hydrogen (secondary N) is 1. The first-order valence-corrected chi connectivity index (χ1v) is 8.56. The van der Waals surface area contributed by atoms with Crippen LogP contribution < -0.4 is 9.46 Å². The van der Waals surface area contributed by atoms with Crippen molar-refractivity contribution in [3.05, 3.63) is 35.9 Å². The van der Waals surface area contributed by atoms with E-state index in [2.05, 4.69) is 14.8 Å². The highest BCUT2D eigenvalue weighted by Crippen LogP contribution is 2.30. The molecular formula is C14H18N4O3S. The Morgan fingerprint density at radius 1 is 1.45 bits per heavy atom. The second-order valence-electron chi connectivity index (χ2n) is 5.35. The minimum atomic E-state index is -3.53. The molecule has 1 aliphatic heterocycles. The molecule has 2 heterocycles. The number of ether oxygens (including phenoxy) is 1. The van der Waals surface area contributed by atoms with E-state index in [1.54, 1.807) is 29.9 Å². The van der Waals surface area contributed by atoms with E-state index in [0.29, 0.717) is 6.42 Å². The fourth-order valence-corrected chi connectivity index (χ4v) is 3.57. The average Bonchev–Trinajstić information content (AvgIpc) is 3.02. The van der Waals surface area contributed by atoms with Crippen LogP contribution in [0.25, 0.3) is 0 Å². The van der Waals surface area contributed by atoms with Crippen molar-refractivity contribution in [3.8, 4) is 5.75 Å². The quantitative estimate of drug-likeness (QED) is 0.874. The second-order valence-corrected chi connectivity index (χ2v) is 7.12. The van der Waals surface area contributed by atoms with Gasteiger partial charge < -0.3 is 4.74 Å². The molecule has 1 unspecified atom stereocenters. The highest BCUT2D eigenvalue weighted by atomic mass is 32.2. The number of rotatable bonds is 5. The molecule has 1 atom stereocenters. The highest BCUT2D eigenvalue weighted by molar-refractivity contribution is 7.89. The third kappa shape index (κ3) is 2.97. The second kappa shape index (κ2) is 5.69. The third-order valence-corrected chi connectivity index (χ3v) is 5.08. The molecule has 0 fully saturated rings. The molecule has 1 N–H and O–H groups in total. The van der Waals surface area contributed by atoms with Gasteiger partial charge in [-0.1, -0.05) is 0 Å². The highest BCUT2D eigenvalue weighted by Gasteiger charge is 2.22. The molecule has 22 heavy (non-hydrogen) atoms. The molecule has 118 valence electrons. The lowest BCUT2D eigenvalue weighted by Gasteiger charge is -2.08. The van der Waals surface area contributed by atoms with Gasteiger partial charge in [-0.15, -0.1) is 0 Å². The number of hydrogen-bond acceptors (Lipinski definition) is 5. The molecule has 8 heteroatoms. The molecule has 0 radical (unpaired) electrons. The first kappa shape index (κ1) is 15.0. The Morgan fingerprint density at radius 2 is 2.27 bits per heavy atom. The van der Waals surface area contributed by atoms with Crippen LogP contribution in [-0.2, 0) is 29.9 Å².